The SMILES string of the molecule is c1cc(Cc2ccc(CNCCCCNCc3ccc(Cc4ccncc4)cc3)cc2)ccn1. The Morgan fingerprint density at radius 3 is 1.12 bits per heavy atom. The number of nitrogens with zero attached hydrogens (tertiary/aromatic N) is 2. The molecule has 0 unspecified atom stereocenters. The van der Waals surface area contributed by atoms with Gasteiger partial charge in [-0.3, -0.25) is 9.97 Å². The summed E-state index contributed by atoms with van der Waals surface area (Å²) in [5.74, 6) is 0. The highest BCUT2D eigenvalue weighted by molar-refractivity contribution is 5.29. The van der Waals surface area contributed by atoms with E-state index in [9.17, 15) is 0 Å². The van der Waals surface area contributed by atoms with Crippen LogP contribution in [0.5, 0.6) is 0 Å². The van der Waals surface area contributed by atoms with Crippen LogP contribution in [0.15, 0.2) is 97.6 Å². The van der Waals surface area contributed by atoms with E-state index < -0.39 is 0 Å². The lowest BCUT2D eigenvalue weighted by Crippen LogP contribution is -2.18. The summed E-state index contributed by atoms with van der Waals surface area (Å²) < 4.78 is 0. The number of hydrogen-bond acceptors (Lipinski definition) is 4. The lowest BCUT2D eigenvalue weighted by atomic mass is 10.0. The van der Waals surface area contributed by atoms with Crippen molar-refractivity contribution in [3.63, 3.8) is 0 Å². The van der Waals surface area contributed by atoms with E-state index in [1.54, 1.807) is 0 Å². The van der Waals surface area contributed by atoms with Crippen molar-refractivity contribution in [3.05, 3.63) is 131 Å². The first-order valence-corrected chi connectivity index (χ1v) is 12.2. The summed E-state index contributed by atoms with van der Waals surface area (Å²) in [5.41, 5.74) is 7.95. The maximum absolute atomic E-state index is 4.08. The first-order chi connectivity index (χ1) is 16.8. The average Bonchev–Trinajstić information content (AvgIpc) is 2.89. The molecule has 0 aliphatic carbocycles. The molecule has 4 nitrogen and oxygen atoms in total. The Labute approximate surface area is 203 Å². The minimum absolute atomic E-state index is 0.925. The van der Waals surface area contributed by atoms with Crippen LogP contribution in [-0.4, -0.2) is 23.1 Å². The molecule has 0 saturated heterocycles. The number of nitrogens with one attached hydrogen (secondary N) is 2. The summed E-state index contributed by atoms with van der Waals surface area (Å²) in [6, 6.07) is 26.1. The summed E-state index contributed by atoms with van der Waals surface area (Å²) in [4.78, 5) is 8.16. The zero-order valence-corrected chi connectivity index (χ0v) is 19.8. The molecule has 34 heavy (non-hydrogen) atoms. The molecule has 2 N–H and O–H groups in total. The summed E-state index contributed by atoms with van der Waals surface area (Å²) in [6.07, 6.45) is 11.7. The summed E-state index contributed by atoms with van der Waals surface area (Å²) in [6.45, 7) is 3.94. The number of unbranched alkanes of at least 4 members (excludes halogenated alkanes) is 1. The predicted octanol–water partition coefficient (Wildman–Crippen LogP) is 5.32. The quantitative estimate of drug-likeness (QED) is 0.271. The fourth-order valence-electron chi connectivity index (χ4n) is 3.99. The number of pyridine rings is 2. The van der Waals surface area contributed by atoms with Gasteiger partial charge in [0.1, 0.15) is 0 Å². The van der Waals surface area contributed by atoms with E-state index in [1.807, 2.05) is 24.8 Å². The fraction of sp³-hybridized carbons (Fsp3) is 0.267. The van der Waals surface area contributed by atoms with Gasteiger partial charge in [-0.1, -0.05) is 48.5 Å². The van der Waals surface area contributed by atoms with Crippen molar-refractivity contribution in [2.24, 2.45) is 0 Å². The van der Waals surface area contributed by atoms with Crippen molar-refractivity contribution in [2.75, 3.05) is 13.1 Å². The molecule has 0 spiro atoms. The normalized spacial score (nSPS) is 10.9. The van der Waals surface area contributed by atoms with Gasteiger partial charge in [-0.05, 0) is 96.4 Å². The van der Waals surface area contributed by atoms with Crippen LogP contribution in [0.2, 0.25) is 0 Å². The molecule has 4 heteroatoms. The van der Waals surface area contributed by atoms with Crippen LogP contribution in [0.1, 0.15) is 46.2 Å². The second-order valence-electron chi connectivity index (χ2n) is 8.76. The van der Waals surface area contributed by atoms with E-state index >= 15 is 0 Å². The van der Waals surface area contributed by atoms with Gasteiger partial charge in [0.15, 0.2) is 0 Å². The van der Waals surface area contributed by atoms with Crippen LogP contribution in [-0.2, 0) is 25.9 Å². The van der Waals surface area contributed by atoms with E-state index in [0.717, 1.165) is 39.0 Å². The highest BCUT2D eigenvalue weighted by Crippen LogP contribution is 2.11. The molecular weight excluding hydrogens is 416 g/mol. The third-order valence-electron chi connectivity index (χ3n) is 5.98. The lowest BCUT2D eigenvalue weighted by Gasteiger charge is -2.08. The van der Waals surface area contributed by atoms with Crippen molar-refractivity contribution < 1.29 is 0 Å². The fourth-order valence-corrected chi connectivity index (χ4v) is 3.99. The Morgan fingerprint density at radius 2 is 0.735 bits per heavy atom. The molecule has 0 saturated carbocycles. The maximum atomic E-state index is 4.08. The molecule has 0 bridgehead atoms. The van der Waals surface area contributed by atoms with E-state index in [-0.39, 0.29) is 0 Å². The van der Waals surface area contributed by atoms with E-state index in [2.05, 4.69) is 93.4 Å². The molecule has 2 heterocycles. The molecular formula is C30H34N4. The van der Waals surface area contributed by atoms with Gasteiger partial charge >= 0.3 is 0 Å². The first-order valence-electron chi connectivity index (χ1n) is 12.2. The molecule has 4 rings (SSSR count). The molecule has 2 aromatic heterocycles. The Bertz CT molecular complexity index is 987. The highest BCUT2D eigenvalue weighted by Gasteiger charge is 1.99. The van der Waals surface area contributed by atoms with Gasteiger partial charge in [-0.15, -0.1) is 0 Å². The number of hydrogen-bond donors (Lipinski definition) is 2. The Balaban J connectivity index is 1.05. The first kappa shape index (κ1) is 23.8. The maximum Gasteiger partial charge on any atom is 0.0270 e. The largest absolute Gasteiger partial charge is 0.313 e. The highest BCUT2D eigenvalue weighted by atomic mass is 14.9. The molecule has 0 radical (unpaired) electrons. The zero-order chi connectivity index (χ0) is 23.3. The van der Waals surface area contributed by atoms with Crippen molar-refractivity contribution in [3.8, 4) is 0 Å². The molecule has 0 atom stereocenters. The van der Waals surface area contributed by atoms with Gasteiger partial charge in [0, 0.05) is 37.9 Å². The monoisotopic (exact) mass is 450 g/mol. The standard InChI is InChI=1S/C30H34N4/c1(15-33-23-29-7-3-25(4-8-29)21-27-11-17-31-18-12-27)2-16-34-24-30-9-5-26(6-10-30)22-28-13-19-32-20-14-28/h3-14,17-20,33-34H,1-2,15-16,21-24H2. The third-order valence-corrected chi connectivity index (χ3v) is 5.98. The molecule has 2 aromatic carbocycles. The predicted molar refractivity (Wildman–Crippen MR) is 140 cm³/mol. The average molecular weight is 451 g/mol. The van der Waals surface area contributed by atoms with Crippen LogP contribution in [0.25, 0.3) is 0 Å². The lowest BCUT2D eigenvalue weighted by molar-refractivity contribution is 0.582. The number of aromatic nitrogens is 2. The molecule has 174 valence electrons. The third kappa shape index (κ3) is 8.22. The van der Waals surface area contributed by atoms with Gasteiger partial charge < -0.3 is 10.6 Å². The van der Waals surface area contributed by atoms with Crippen LogP contribution >= 0.6 is 0 Å². The zero-order valence-electron chi connectivity index (χ0n) is 19.8. The van der Waals surface area contributed by atoms with Crippen molar-refractivity contribution in [1.82, 2.24) is 20.6 Å². The van der Waals surface area contributed by atoms with Gasteiger partial charge in [0.25, 0.3) is 0 Å². The van der Waals surface area contributed by atoms with E-state index in [4.69, 9.17) is 0 Å². The molecule has 0 amide bonds. The second-order valence-corrected chi connectivity index (χ2v) is 8.76. The number of benzene rings is 2. The molecule has 0 fully saturated rings. The van der Waals surface area contributed by atoms with E-state index in [0.29, 0.717) is 0 Å². The molecule has 0 aliphatic rings. The molecule has 0 aliphatic heterocycles. The van der Waals surface area contributed by atoms with Gasteiger partial charge in [-0.2, -0.15) is 0 Å². The smallest absolute Gasteiger partial charge is 0.0270 e. The van der Waals surface area contributed by atoms with Crippen molar-refractivity contribution >= 4 is 0 Å². The van der Waals surface area contributed by atoms with Crippen LogP contribution in [0, 0.1) is 0 Å². The summed E-state index contributed by atoms with van der Waals surface area (Å²) in [5, 5.41) is 7.13. The van der Waals surface area contributed by atoms with Crippen LogP contribution < -0.4 is 10.6 Å². The number of rotatable bonds is 13. The van der Waals surface area contributed by atoms with Gasteiger partial charge in [0.2, 0.25) is 0 Å². The minimum atomic E-state index is 0.925. The van der Waals surface area contributed by atoms with Crippen LogP contribution in [0.4, 0.5) is 0 Å². The summed E-state index contributed by atoms with van der Waals surface area (Å²) >= 11 is 0. The molecule has 4 aromatic rings. The van der Waals surface area contributed by atoms with Crippen molar-refractivity contribution in [1.29, 1.82) is 0 Å². The second kappa shape index (κ2) is 13.4. The summed E-state index contributed by atoms with van der Waals surface area (Å²) in [7, 11) is 0. The van der Waals surface area contributed by atoms with Gasteiger partial charge in [-0.25, -0.2) is 0 Å². The minimum Gasteiger partial charge on any atom is -0.313 e. The Kier molecular flexibility index (Phi) is 9.37. The Morgan fingerprint density at radius 1 is 0.412 bits per heavy atom. The van der Waals surface area contributed by atoms with Crippen LogP contribution in [0.3, 0.4) is 0 Å². The van der Waals surface area contributed by atoms with Gasteiger partial charge in [0.05, 0.1) is 0 Å². The Hall–Kier alpha value is -3.34. The van der Waals surface area contributed by atoms with Crippen molar-refractivity contribution in [2.45, 2.75) is 38.8 Å². The topological polar surface area (TPSA) is 49.8 Å². The van der Waals surface area contributed by atoms with E-state index in [1.165, 1.54) is 46.2 Å².